The van der Waals surface area contributed by atoms with E-state index in [1.807, 2.05) is 58.0 Å². The van der Waals surface area contributed by atoms with Crippen LogP contribution in [0.15, 0.2) is 30.3 Å². The quantitative estimate of drug-likeness (QED) is 0.143. The van der Waals surface area contributed by atoms with Gasteiger partial charge in [-0.05, 0) is 63.9 Å². The second-order valence-corrected chi connectivity index (χ2v) is 15.0. The molecular formula is C35H56N6O7S. The minimum absolute atomic E-state index is 0.0354. The number of ether oxygens (including phenoxy) is 1. The molecule has 1 unspecified atom stereocenters. The Balaban J connectivity index is 2.04. The van der Waals surface area contributed by atoms with Crippen molar-refractivity contribution in [2.24, 2.45) is 11.8 Å². The summed E-state index contributed by atoms with van der Waals surface area (Å²) in [6.45, 7) is 13.1. The predicted octanol–water partition coefficient (Wildman–Crippen LogP) is 2.34. The zero-order chi connectivity index (χ0) is 36.9. The van der Waals surface area contributed by atoms with Gasteiger partial charge in [0.2, 0.25) is 29.5 Å². The molecule has 14 heteroatoms. The second kappa shape index (κ2) is 19.4. The minimum Gasteiger partial charge on any atom is -0.444 e. The Bertz CT molecular complexity index is 1290. The Labute approximate surface area is 296 Å². The minimum atomic E-state index is -1.02. The van der Waals surface area contributed by atoms with E-state index in [1.165, 1.54) is 11.9 Å². The molecular weight excluding hydrogens is 648 g/mol. The summed E-state index contributed by atoms with van der Waals surface area (Å²) in [5.41, 5.74) is 0.147. The maximum atomic E-state index is 13.4. The first-order valence-electron chi connectivity index (χ1n) is 17.0. The molecule has 274 valence electrons. The third kappa shape index (κ3) is 14.3. The number of rotatable bonds is 16. The van der Waals surface area contributed by atoms with E-state index in [4.69, 9.17) is 4.74 Å². The van der Waals surface area contributed by atoms with Gasteiger partial charge in [0.05, 0.1) is 5.25 Å². The molecule has 0 radical (unpaired) electrons. The summed E-state index contributed by atoms with van der Waals surface area (Å²) in [6, 6.07) is 5.79. The molecule has 2 rings (SSSR count). The van der Waals surface area contributed by atoms with Crippen molar-refractivity contribution < 1.29 is 33.5 Å². The first-order valence-corrected chi connectivity index (χ1v) is 17.5. The molecule has 0 aromatic heterocycles. The van der Waals surface area contributed by atoms with Crippen molar-refractivity contribution >= 4 is 48.3 Å². The van der Waals surface area contributed by atoms with Crippen LogP contribution in [0.3, 0.4) is 0 Å². The molecule has 1 aliphatic heterocycles. The molecule has 1 aliphatic rings. The number of carbonyl (C=O) groups is 6. The molecule has 1 aromatic carbocycles. The van der Waals surface area contributed by atoms with Gasteiger partial charge in [0.1, 0.15) is 29.8 Å². The van der Waals surface area contributed by atoms with Crippen LogP contribution in [-0.4, -0.2) is 95.7 Å². The Morgan fingerprint density at radius 2 is 1.41 bits per heavy atom. The molecule has 13 nitrogen and oxygen atoms in total. The number of carbonyl (C=O) groups excluding carboxylic acids is 6. The number of thiol groups is 1. The normalized spacial score (nSPS) is 17.0. The van der Waals surface area contributed by atoms with Crippen LogP contribution in [0.4, 0.5) is 4.79 Å². The molecule has 1 heterocycles. The molecule has 0 saturated carbocycles. The molecule has 0 spiro atoms. The van der Waals surface area contributed by atoms with Crippen LogP contribution in [-0.2, 0) is 35.1 Å². The maximum absolute atomic E-state index is 13.4. The van der Waals surface area contributed by atoms with Gasteiger partial charge in [0.25, 0.3) is 0 Å². The summed E-state index contributed by atoms with van der Waals surface area (Å²) in [7, 11) is 1.49. The van der Waals surface area contributed by atoms with E-state index in [9.17, 15) is 28.8 Å². The van der Waals surface area contributed by atoms with Gasteiger partial charge >= 0.3 is 6.09 Å². The molecule has 0 bridgehead atoms. The summed E-state index contributed by atoms with van der Waals surface area (Å²) in [4.78, 5) is 79.9. The SMILES string of the molecule is CNC(=O)[C@H](Cc1ccccc1)NC(=O)[C@H](CC(C)C)NC(=O)C(S)CNC(=O)[C@H](CC(C)C)NC(=O)[C@@H]1CCCN1C(=O)OC(C)(C)C. The van der Waals surface area contributed by atoms with E-state index < -0.39 is 64.7 Å². The van der Waals surface area contributed by atoms with Gasteiger partial charge < -0.3 is 31.3 Å². The van der Waals surface area contributed by atoms with Gasteiger partial charge in [0.15, 0.2) is 0 Å². The summed E-state index contributed by atoms with van der Waals surface area (Å²) in [6.07, 6.45) is 1.39. The van der Waals surface area contributed by atoms with Crippen LogP contribution in [0.1, 0.15) is 79.7 Å². The molecule has 1 fully saturated rings. The summed E-state index contributed by atoms with van der Waals surface area (Å²) in [5, 5.41) is 12.6. The molecule has 5 N–H and O–H groups in total. The number of likely N-dealkylation sites (N-methyl/N-ethyl adjacent to an activating group) is 1. The molecule has 49 heavy (non-hydrogen) atoms. The largest absolute Gasteiger partial charge is 0.444 e. The molecule has 1 aromatic rings. The predicted molar refractivity (Wildman–Crippen MR) is 191 cm³/mol. The van der Waals surface area contributed by atoms with Crippen molar-refractivity contribution in [3.8, 4) is 0 Å². The van der Waals surface area contributed by atoms with Crippen molar-refractivity contribution in [3.05, 3.63) is 35.9 Å². The topological polar surface area (TPSA) is 175 Å². The smallest absolute Gasteiger partial charge is 0.410 e. The number of nitrogens with zero attached hydrogens (tertiary/aromatic N) is 1. The second-order valence-electron chi connectivity index (χ2n) is 14.3. The summed E-state index contributed by atoms with van der Waals surface area (Å²) >= 11 is 4.40. The highest BCUT2D eigenvalue weighted by Gasteiger charge is 2.38. The lowest BCUT2D eigenvalue weighted by Crippen LogP contribution is -2.56. The summed E-state index contributed by atoms with van der Waals surface area (Å²) in [5.74, 6) is -2.32. The van der Waals surface area contributed by atoms with Crippen LogP contribution < -0.4 is 26.6 Å². The zero-order valence-electron chi connectivity index (χ0n) is 30.1. The number of amides is 6. The number of hydrogen-bond donors (Lipinski definition) is 6. The van der Waals surface area contributed by atoms with Crippen molar-refractivity contribution in [1.82, 2.24) is 31.5 Å². The van der Waals surface area contributed by atoms with Crippen LogP contribution in [0.2, 0.25) is 0 Å². The van der Waals surface area contributed by atoms with Gasteiger partial charge in [-0.2, -0.15) is 12.6 Å². The molecule has 6 amide bonds. The number of hydrogen-bond acceptors (Lipinski definition) is 8. The van der Waals surface area contributed by atoms with Crippen molar-refractivity contribution in [2.75, 3.05) is 20.1 Å². The van der Waals surface area contributed by atoms with Crippen molar-refractivity contribution in [1.29, 1.82) is 0 Å². The third-order valence-corrected chi connectivity index (χ3v) is 8.22. The Morgan fingerprint density at radius 1 is 0.837 bits per heavy atom. The fourth-order valence-electron chi connectivity index (χ4n) is 5.44. The Morgan fingerprint density at radius 3 is 1.96 bits per heavy atom. The average Bonchev–Trinajstić information content (AvgIpc) is 3.52. The zero-order valence-corrected chi connectivity index (χ0v) is 31.0. The van der Waals surface area contributed by atoms with Gasteiger partial charge in [-0.15, -0.1) is 0 Å². The number of likely N-dealkylation sites (tertiary alicyclic amines) is 1. The van der Waals surface area contributed by atoms with Gasteiger partial charge in [-0.25, -0.2) is 4.79 Å². The first kappa shape index (κ1) is 41.4. The van der Waals surface area contributed by atoms with Crippen molar-refractivity contribution in [3.63, 3.8) is 0 Å². The fourth-order valence-corrected chi connectivity index (χ4v) is 5.60. The van der Waals surface area contributed by atoms with Crippen LogP contribution in [0.5, 0.6) is 0 Å². The Hall–Kier alpha value is -3.81. The van der Waals surface area contributed by atoms with Crippen LogP contribution in [0, 0.1) is 11.8 Å². The van der Waals surface area contributed by atoms with Crippen molar-refractivity contribution in [2.45, 2.75) is 116 Å². The lowest BCUT2D eigenvalue weighted by Gasteiger charge is -2.29. The van der Waals surface area contributed by atoms with E-state index in [-0.39, 0.29) is 30.7 Å². The summed E-state index contributed by atoms with van der Waals surface area (Å²) < 4.78 is 5.47. The van der Waals surface area contributed by atoms with Gasteiger partial charge in [0, 0.05) is 26.6 Å². The van der Waals surface area contributed by atoms with E-state index in [0.29, 0.717) is 32.2 Å². The number of benzene rings is 1. The van der Waals surface area contributed by atoms with E-state index in [0.717, 1.165) is 5.56 Å². The van der Waals surface area contributed by atoms with Crippen LogP contribution in [0.25, 0.3) is 0 Å². The highest BCUT2D eigenvalue weighted by atomic mass is 32.1. The van der Waals surface area contributed by atoms with E-state index >= 15 is 0 Å². The molecule has 5 atom stereocenters. The maximum Gasteiger partial charge on any atom is 0.410 e. The Kier molecular flexibility index (Phi) is 16.4. The number of nitrogens with one attached hydrogen (secondary N) is 5. The van der Waals surface area contributed by atoms with Crippen LogP contribution >= 0.6 is 12.6 Å². The van der Waals surface area contributed by atoms with Gasteiger partial charge in [-0.1, -0.05) is 58.0 Å². The first-order chi connectivity index (χ1) is 22.9. The average molecular weight is 705 g/mol. The third-order valence-electron chi connectivity index (χ3n) is 7.80. The monoisotopic (exact) mass is 704 g/mol. The molecule has 0 aliphatic carbocycles. The van der Waals surface area contributed by atoms with Gasteiger partial charge in [-0.3, -0.25) is 28.9 Å². The fraction of sp³-hybridized carbons (Fsp3) is 0.657. The highest BCUT2D eigenvalue weighted by Crippen LogP contribution is 2.21. The molecule has 1 saturated heterocycles. The van der Waals surface area contributed by atoms with E-state index in [1.54, 1.807) is 20.8 Å². The highest BCUT2D eigenvalue weighted by molar-refractivity contribution is 7.81. The lowest BCUT2D eigenvalue weighted by molar-refractivity contribution is -0.132. The van der Waals surface area contributed by atoms with E-state index in [2.05, 4.69) is 39.2 Å². The lowest BCUT2D eigenvalue weighted by atomic mass is 10.0. The standard InChI is InChI=1S/C35H56N6O7S/c1-21(2)17-24(39-32(45)27-15-12-16-41(27)34(47)48-35(5,6)7)30(43)37-20-28(49)33(46)40-25(18-22(3)4)31(44)38-26(29(42)36-8)19-23-13-10-9-11-14-23/h9-11,13-14,21-22,24-28,49H,12,15-20H2,1-8H3,(H,36,42)(H,37,43)(H,38,44)(H,39,45)(H,40,46)/t24-,25-,26-,27-,28?/m0/s1.